The summed E-state index contributed by atoms with van der Waals surface area (Å²) >= 11 is 0. The van der Waals surface area contributed by atoms with E-state index in [0.29, 0.717) is 6.42 Å². The summed E-state index contributed by atoms with van der Waals surface area (Å²) < 4.78 is 0. The summed E-state index contributed by atoms with van der Waals surface area (Å²) in [7, 11) is 3.25. The molecule has 0 aromatic carbocycles. The van der Waals surface area contributed by atoms with Crippen LogP contribution < -0.4 is 0 Å². The molecule has 0 aliphatic carbocycles. The van der Waals surface area contributed by atoms with E-state index < -0.39 is 17.4 Å². The SMILES string of the molecule is C=CC[C@H](C)[C@H](O)[C@@H](C)C(=O)C(C)(C)C(=O)N(C)C. The first-order chi connectivity index (χ1) is 8.57. The molecule has 0 radical (unpaired) electrons. The van der Waals surface area contributed by atoms with E-state index in [4.69, 9.17) is 0 Å². The number of carbonyl (C=O) groups is 2. The number of hydrogen-bond donors (Lipinski definition) is 1. The molecule has 0 heterocycles. The number of ketones is 1. The summed E-state index contributed by atoms with van der Waals surface area (Å²) in [6, 6.07) is 0. The number of nitrogens with zero attached hydrogens (tertiary/aromatic N) is 1. The van der Waals surface area contributed by atoms with E-state index in [1.54, 1.807) is 40.9 Å². The molecule has 0 aliphatic rings. The van der Waals surface area contributed by atoms with Crippen LogP contribution in [0.1, 0.15) is 34.1 Å². The van der Waals surface area contributed by atoms with Crippen molar-refractivity contribution in [2.45, 2.75) is 40.2 Å². The standard InChI is InChI=1S/C15H27NO3/c1-8-9-10(2)12(17)11(3)13(18)15(4,5)14(19)16(6)7/h8,10-12,17H,1,9H2,2-7H3/t10-,11+,12-/m0/s1. The van der Waals surface area contributed by atoms with Crippen LogP contribution in [0.3, 0.4) is 0 Å². The topological polar surface area (TPSA) is 57.6 Å². The average molecular weight is 269 g/mol. The third kappa shape index (κ3) is 4.16. The fourth-order valence-corrected chi connectivity index (χ4v) is 2.28. The second-order valence-corrected chi connectivity index (χ2v) is 5.97. The lowest BCUT2D eigenvalue weighted by atomic mass is 9.76. The van der Waals surface area contributed by atoms with Crippen molar-refractivity contribution < 1.29 is 14.7 Å². The van der Waals surface area contributed by atoms with Gasteiger partial charge in [-0.05, 0) is 26.2 Å². The number of hydrogen-bond acceptors (Lipinski definition) is 3. The van der Waals surface area contributed by atoms with Gasteiger partial charge in [-0.3, -0.25) is 9.59 Å². The van der Waals surface area contributed by atoms with Crippen LogP contribution in [0.2, 0.25) is 0 Å². The van der Waals surface area contributed by atoms with E-state index >= 15 is 0 Å². The highest BCUT2D eigenvalue weighted by Gasteiger charge is 2.42. The molecule has 0 aliphatic heterocycles. The van der Waals surface area contributed by atoms with Gasteiger partial charge in [-0.25, -0.2) is 0 Å². The van der Waals surface area contributed by atoms with Crippen molar-refractivity contribution in [2.24, 2.45) is 17.3 Å². The quantitative estimate of drug-likeness (QED) is 0.567. The first kappa shape index (κ1) is 17.8. The summed E-state index contributed by atoms with van der Waals surface area (Å²) in [5.41, 5.74) is -1.11. The minimum Gasteiger partial charge on any atom is -0.392 e. The maximum atomic E-state index is 12.4. The van der Waals surface area contributed by atoms with Gasteiger partial charge in [0.05, 0.1) is 6.10 Å². The molecule has 0 unspecified atom stereocenters. The summed E-state index contributed by atoms with van der Waals surface area (Å²) in [5, 5.41) is 10.2. The molecule has 0 fully saturated rings. The molecule has 0 aromatic rings. The third-order valence-electron chi connectivity index (χ3n) is 3.60. The lowest BCUT2D eigenvalue weighted by Crippen LogP contribution is -2.47. The van der Waals surface area contributed by atoms with Gasteiger partial charge in [-0.2, -0.15) is 0 Å². The lowest BCUT2D eigenvalue weighted by molar-refractivity contribution is -0.149. The molecule has 110 valence electrons. The van der Waals surface area contributed by atoms with Gasteiger partial charge in [0.25, 0.3) is 0 Å². The second kappa shape index (κ2) is 6.85. The summed E-state index contributed by atoms with van der Waals surface area (Å²) in [6.45, 7) is 10.4. The number of Topliss-reactive ketones (excluding diaryl/α,β-unsaturated/α-hetero) is 1. The molecule has 4 nitrogen and oxygen atoms in total. The van der Waals surface area contributed by atoms with Crippen molar-refractivity contribution in [1.29, 1.82) is 0 Å². The molecule has 0 spiro atoms. The van der Waals surface area contributed by atoms with Crippen molar-refractivity contribution >= 4 is 11.7 Å². The van der Waals surface area contributed by atoms with Crippen molar-refractivity contribution in [3.63, 3.8) is 0 Å². The zero-order valence-corrected chi connectivity index (χ0v) is 12.9. The molecule has 0 bridgehead atoms. The number of aliphatic hydroxyl groups is 1. The highest BCUT2D eigenvalue weighted by molar-refractivity contribution is 6.06. The zero-order chi connectivity index (χ0) is 15.4. The van der Waals surface area contributed by atoms with Gasteiger partial charge < -0.3 is 10.0 Å². The number of allylic oxidation sites excluding steroid dienone is 1. The van der Waals surface area contributed by atoms with E-state index in [1.807, 2.05) is 6.92 Å². The Morgan fingerprint density at radius 3 is 2.16 bits per heavy atom. The highest BCUT2D eigenvalue weighted by Crippen LogP contribution is 2.28. The van der Waals surface area contributed by atoms with Gasteiger partial charge in [0, 0.05) is 20.0 Å². The van der Waals surface area contributed by atoms with Gasteiger partial charge in [-0.1, -0.05) is 19.9 Å². The van der Waals surface area contributed by atoms with E-state index in [0.717, 1.165) is 0 Å². The van der Waals surface area contributed by atoms with Crippen LogP contribution in [-0.2, 0) is 9.59 Å². The Hall–Kier alpha value is -1.16. The fourth-order valence-electron chi connectivity index (χ4n) is 2.28. The van der Waals surface area contributed by atoms with Crippen LogP contribution in [0.15, 0.2) is 12.7 Å². The van der Waals surface area contributed by atoms with E-state index in [-0.39, 0.29) is 17.6 Å². The summed E-state index contributed by atoms with van der Waals surface area (Å²) in [5.74, 6) is -1.10. The minimum absolute atomic E-state index is 0.0540. The van der Waals surface area contributed by atoms with Crippen LogP contribution in [0, 0.1) is 17.3 Å². The smallest absolute Gasteiger partial charge is 0.235 e. The normalized spacial score (nSPS) is 16.4. The molecule has 4 heteroatoms. The first-order valence-corrected chi connectivity index (χ1v) is 6.62. The number of carbonyl (C=O) groups excluding carboxylic acids is 2. The van der Waals surface area contributed by atoms with Gasteiger partial charge in [0.15, 0.2) is 5.78 Å². The Labute approximate surface area is 116 Å². The lowest BCUT2D eigenvalue weighted by Gasteiger charge is -2.31. The van der Waals surface area contributed by atoms with Crippen molar-refractivity contribution in [1.82, 2.24) is 4.90 Å². The van der Waals surface area contributed by atoms with Crippen LogP contribution in [0.5, 0.6) is 0 Å². The van der Waals surface area contributed by atoms with Gasteiger partial charge in [0.1, 0.15) is 5.41 Å². The van der Waals surface area contributed by atoms with Crippen molar-refractivity contribution in [2.75, 3.05) is 14.1 Å². The van der Waals surface area contributed by atoms with Gasteiger partial charge >= 0.3 is 0 Å². The average Bonchev–Trinajstić information content (AvgIpc) is 2.34. The van der Waals surface area contributed by atoms with Gasteiger partial charge in [-0.15, -0.1) is 6.58 Å². The molecule has 19 heavy (non-hydrogen) atoms. The highest BCUT2D eigenvalue weighted by atomic mass is 16.3. The van der Waals surface area contributed by atoms with Gasteiger partial charge in [0.2, 0.25) is 5.91 Å². The zero-order valence-electron chi connectivity index (χ0n) is 12.9. The van der Waals surface area contributed by atoms with Crippen LogP contribution in [0.25, 0.3) is 0 Å². The molecule has 0 saturated carbocycles. The van der Waals surface area contributed by atoms with E-state index in [1.165, 1.54) is 4.90 Å². The Morgan fingerprint density at radius 1 is 1.32 bits per heavy atom. The molecule has 1 N–H and O–H groups in total. The predicted octanol–water partition coefficient (Wildman–Crippen LogP) is 1.88. The summed E-state index contributed by atoms with van der Waals surface area (Å²) in [6.07, 6.45) is 1.60. The maximum Gasteiger partial charge on any atom is 0.235 e. The first-order valence-electron chi connectivity index (χ1n) is 6.62. The summed E-state index contributed by atoms with van der Waals surface area (Å²) in [4.78, 5) is 25.9. The number of rotatable bonds is 7. The van der Waals surface area contributed by atoms with Crippen molar-refractivity contribution in [3.8, 4) is 0 Å². The Kier molecular flexibility index (Phi) is 6.43. The van der Waals surface area contributed by atoms with Crippen LogP contribution in [0.4, 0.5) is 0 Å². The van der Waals surface area contributed by atoms with Crippen molar-refractivity contribution in [3.05, 3.63) is 12.7 Å². The van der Waals surface area contributed by atoms with Crippen LogP contribution in [-0.4, -0.2) is 41.9 Å². The Bertz CT molecular complexity index is 347. The third-order valence-corrected chi connectivity index (χ3v) is 3.60. The predicted molar refractivity (Wildman–Crippen MR) is 76.6 cm³/mol. The van der Waals surface area contributed by atoms with E-state index in [9.17, 15) is 14.7 Å². The molecule has 1 amide bonds. The molecule has 0 saturated heterocycles. The monoisotopic (exact) mass is 269 g/mol. The molecular weight excluding hydrogens is 242 g/mol. The molecular formula is C15H27NO3. The molecule has 3 atom stereocenters. The number of aliphatic hydroxyl groups excluding tert-OH is 1. The Morgan fingerprint density at radius 2 is 1.79 bits per heavy atom. The van der Waals surface area contributed by atoms with Crippen LogP contribution >= 0.6 is 0 Å². The maximum absolute atomic E-state index is 12.4. The minimum atomic E-state index is -1.11. The molecule has 0 rings (SSSR count). The largest absolute Gasteiger partial charge is 0.392 e. The fraction of sp³-hybridized carbons (Fsp3) is 0.733. The molecule has 0 aromatic heterocycles. The second-order valence-electron chi connectivity index (χ2n) is 5.97. The number of amides is 1. The van der Waals surface area contributed by atoms with E-state index in [2.05, 4.69) is 6.58 Å². The Balaban J connectivity index is 4.99.